The predicted molar refractivity (Wildman–Crippen MR) is 88.2 cm³/mol. The zero-order valence-corrected chi connectivity index (χ0v) is 13.0. The molecule has 0 fully saturated rings. The van der Waals surface area contributed by atoms with Gasteiger partial charge in [0.05, 0.1) is 17.3 Å². The van der Waals surface area contributed by atoms with Crippen molar-refractivity contribution in [2.24, 2.45) is 0 Å². The Kier molecular flexibility index (Phi) is 4.52. The number of nitrogens with zero attached hydrogens (tertiary/aromatic N) is 1. The van der Waals surface area contributed by atoms with Crippen molar-refractivity contribution in [3.8, 4) is 11.5 Å². The highest BCUT2D eigenvalue weighted by atomic mass is 32.1. The third-order valence-electron chi connectivity index (χ3n) is 3.13. The molecule has 1 heterocycles. The lowest BCUT2D eigenvalue weighted by Gasteiger charge is -2.10. The Morgan fingerprint density at radius 1 is 1.09 bits per heavy atom. The Morgan fingerprint density at radius 2 is 1.91 bits per heavy atom. The van der Waals surface area contributed by atoms with Gasteiger partial charge in [-0.2, -0.15) is 8.78 Å². The Hall–Kier alpha value is -2.47. The van der Waals surface area contributed by atoms with Crippen LogP contribution in [0, 0.1) is 0 Å². The van der Waals surface area contributed by atoms with Gasteiger partial charge in [0, 0.05) is 0 Å². The van der Waals surface area contributed by atoms with Crippen LogP contribution in [0.15, 0.2) is 42.5 Å². The molecule has 0 saturated carbocycles. The van der Waals surface area contributed by atoms with Crippen LogP contribution < -0.4 is 9.47 Å². The second-order valence-electron chi connectivity index (χ2n) is 4.64. The number of halogens is 2. The second-order valence-corrected chi connectivity index (χ2v) is 5.70. The highest BCUT2D eigenvalue weighted by molar-refractivity contribution is 7.19. The lowest BCUT2D eigenvalue weighted by atomic mass is 10.2. The van der Waals surface area contributed by atoms with Crippen molar-refractivity contribution in [3.05, 3.63) is 53.0 Å². The fourth-order valence-electron chi connectivity index (χ4n) is 2.11. The molecule has 0 aliphatic carbocycles. The monoisotopic (exact) mass is 333 g/mol. The molecule has 0 bridgehead atoms. The zero-order chi connectivity index (χ0) is 16.2. The average Bonchev–Trinajstić information content (AvgIpc) is 2.96. The molecule has 0 amide bonds. The molecule has 23 heavy (non-hydrogen) atoms. The molecule has 0 aliphatic heterocycles. The highest BCUT2D eigenvalue weighted by Crippen LogP contribution is 2.30. The number of hydrogen-bond donors (Lipinski definition) is 0. The van der Waals surface area contributed by atoms with E-state index in [1.165, 1.54) is 13.2 Å². The Balaban J connectivity index is 1.84. The second kappa shape index (κ2) is 6.75. The minimum atomic E-state index is -2.88. The Bertz CT molecular complexity index is 812. The highest BCUT2D eigenvalue weighted by Gasteiger charge is 2.10. The van der Waals surface area contributed by atoms with Crippen LogP contribution in [-0.2, 0) is 0 Å². The first kappa shape index (κ1) is 15.4. The number of methoxy groups -OCH3 is 1. The van der Waals surface area contributed by atoms with Crippen LogP contribution in [0.4, 0.5) is 8.78 Å². The number of hydrogen-bond acceptors (Lipinski definition) is 4. The van der Waals surface area contributed by atoms with Gasteiger partial charge in [0.25, 0.3) is 0 Å². The van der Waals surface area contributed by atoms with Crippen LogP contribution in [-0.4, -0.2) is 18.7 Å². The first-order valence-corrected chi connectivity index (χ1v) is 7.64. The van der Waals surface area contributed by atoms with Gasteiger partial charge < -0.3 is 9.47 Å². The lowest BCUT2D eigenvalue weighted by Crippen LogP contribution is -2.03. The molecule has 0 N–H and O–H groups in total. The third kappa shape index (κ3) is 3.65. The summed E-state index contributed by atoms with van der Waals surface area (Å²) >= 11 is 1.59. The fourth-order valence-corrected chi connectivity index (χ4v) is 2.98. The van der Waals surface area contributed by atoms with Crippen molar-refractivity contribution in [3.63, 3.8) is 0 Å². The van der Waals surface area contributed by atoms with Gasteiger partial charge in [-0.3, -0.25) is 0 Å². The van der Waals surface area contributed by atoms with Crippen LogP contribution in [0.3, 0.4) is 0 Å². The number of benzene rings is 2. The maximum atomic E-state index is 12.3. The molecular formula is C17H13F2NO2S. The van der Waals surface area contributed by atoms with E-state index in [0.29, 0.717) is 0 Å². The van der Waals surface area contributed by atoms with Crippen molar-refractivity contribution in [1.29, 1.82) is 0 Å². The van der Waals surface area contributed by atoms with E-state index in [9.17, 15) is 8.78 Å². The minimum absolute atomic E-state index is 0.0136. The summed E-state index contributed by atoms with van der Waals surface area (Å²) in [6, 6.07) is 12.7. The van der Waals surface area contributed by atoms with Crippen molar-refractivity contribution in [1.82, 2.24) is 4.98 Å². The molecular weight excluding hydrogens is 320 g/mol. The van der Waals surface area contributed by atoms with Crippen molar-refractivity contribution < 1.29 is 18.3 Å². The summed E-state index contributed by atoms with van der Waals surface area (Å²) < 4.78 is 35.2. The molecule has 0 saturated heterocycles. The SMILES string of the molecule is COc1cc(C=Cc2nc3ccccc3s2)ccc1OC(F)F. The van der Waals surface area contributed by atoms with Gasteiger partial charge in [0.1, 0.15) is 5.01 Å². The first-order valence-electron chi connectivity index (χ1n) is 6.82. The minimum Gasteiger partial charge on any atom is -0.493 e. The van der Waals surface area contributed by atoms with Gasteiger partial charge in [-0.05, 0) is 35.9 Å². The van der Waals surface area contributed by atoms with E-state index in [1.807, 2.05) is 36.4 Å². The van der Waals surface area contributed by atoms with E-state index in [1.54, 1.807) is 23.5 Å². The van der Waals surface area contributed by atoms with Crippen molar-refractivity contribution in [2.75, 3.05) is 7.11 Å². The molecule has 1 aromatic heterocycles. The van der Waals surface area contributed by atoms with E-state index >= 15 is 0 Å². The van der Waals surface area contributed by atoms with Gasteiger partial charge >= 0.3 is 6.61 Å². The smallest absolute Gasteiger partial charge is 0.387 e. The summed E-state index contributed by atoms with van der Waals surface area (Å²) in [5, 5.41) is 0.873. The molecule has 118 valence electrons. The molecule has 3 aromatic rings. The molecule has 2 aromatic carbocycles. The summed E-state index contributed by atoms with van der Waals surface area (Å²) in [5.41, 5.74) is 1.76. The van der Waals surface area contributed by atoms with Crippen LogP contribution >= 0.6 is 11.3 Å². The maximum absolute atomic E-state index is 12.3. The molecule has 0 radical (unpaired) electrons. The standard InChI is InChI=1S/C17H13F2NO2S/c1-21-14-10-11(6-8-13(14)22-17(18)19)7-9-16-20-12-4-2-3-5-15(12)23-16/h2-10,17H,1H3. The topological polar surface area (TPSA) is 31.4 Å². The van der Waals surface area contributed by atoms with Gasteiger partial charge in [-0.15, -0.1) is 11.3 Å². The van der Waals surface area contributed by atoms with Crippen molar-refractivity contribution >= 4 is 33.7 Å². The fraction of sp³-hybridized carbons (Fsp3) is 0.118. The Morgan fingerprint density at radius 3 is 2.65 bits per heavy atom. The van der Waals surface area contributed by atoms with E-state index in [2.05, 4.69) is 9.72 Å². The van der Waals surface area contributed by atoms with E-state index in [4.69, 9.17) is 4.74 Å². The number of rotatable bonds is 5. The summed E-state index contributed by atoms with van der Waals surface area (Å²) in [4.78, 5) is 4.50. The first-order chi connectivity index (χ1) is 11.2. The van der Waals surface area contributed by atoms with E-state index < -0.39 is 6.61 Å². The number of alkyl halides is 2. The van der Waals surface area contributed by atoms with Gasteiger partial charge in [-0.1, -0.05) is 24.3 Å². The molecule has 3 rings (SSSR count). The van der Waals surface area contributed by atoms with Gasteiger partial charge in [-0.25, -0.2) is 4.98 Å². The van der Waals surface area contributed by atoms with E-state index in [0.717, 1.165) is 20.8 Å². The predicted octanol–water partition coefficient (Wildman–Crippen LogP) is 5.08. The normalized spacial score (nSPS) is 11.5. The van der Waals surface area contributed by atoms with Crippen LogP contribution in [0.2, 0.25) is 0 Å². The maximum Gasteiger partial charge on any atom is 0.387 e. The van der Waals surface area contributed by atoms with Crippen LogP contribution in [0.1, 0.15) is 10.6 Å². The van der Waals surface area contributed by atoms with Crippen LogP contribution in [0.5, 0.6) is 11.5 Å². The van der Waals surface area contributed by atoms with Gasteiger partial charge in [0.15, 0.2) is 11.5 Å². The molecule has 0 unspecified atom stereocenters. The summed E-state index contributed by atoms with van der Waals surface area (Å²) in [7, 11) is 1.41. The summed E-state index contributed by atoms with van der Waals surface area (Å²) in [6.45, 7) is -2.88. The van der Waals surface area contributed by atoms with Crippen LogP contribution in [0.25, 0.3) is 22.4 Å². The number of ether oxygens (including phenoxy) is 2. The third-order valence-corrected chi connectivity index (χ3v) is 4.13. The number of thiazole rings is 1. The molecule has 0 spiro atoms. The summed E-state index contributed by atoms with van der Waals surface area (Å²) in [6.07, 6.45) is 3.74. The van der Waals surface area contributed by atoms with Crippen molar-refractivity contribution in [2.45, 2.75) is 6.61 Å². The molecule has 0 atom stereocenters. The zero-order valence-electron chi connectivity index (χ0n) is 12.2. The molecule has 6 heteroatoms. The van der Waals surface area contributed by atoms with E-state index in [-0.39, 0.29) is 11.5 Å². The number of aromatic nitrogens is 1. The summed E-state index contributed by atoms with van der Waals surface area (Å²) in [5.74, 6) is 0.274. The number of para-hydroxylation sites is 1. The van der Waals surface area contributed by atoms with Gasteiger partial charge in [0.2, 0.25) is 0 Å². The average molecular weight is 333 g/mol. The molecule has 0 aliphatic rings. The number of fused-ring (bicyclic) bond motifs is 1. The lowest BCUT2D eigenvalue weighted by molar-refractivity contribution is -0.0512. The largest absolute Gasteiger partial charge is 0.493 e. The Labute approximate surface area is 135 Å². The molecule has 3 nitrogen and oxygen atoms in total. The quantitative estimate of drug-likeness (QED) is 0.653.